The lowest BCUT2D eigenvalue weighted by Crippen LogP contribution is -2.01. The van der Waals surface area contributed by atoms with Crippen molar-refractivity contribution in [3.8, 4) is 5.82 Å². The highest BCUT2D eigenvalue weighted by molar-refractivity contribution is 5.86. The van der Waals surface area contributed by atoms with E-state index in [-0.39, 0.29) is 0 Å². The Bertz CT molecular complexity index is 932. The number of fused-ring (bicyclic) bond motifs is 2. The number of para-hydroxylation sites is 2. The summed E-state index contributed by atoms with van der Waals surface area (Å²) in [7, 11) is 1.98. The molecule has 0 saturated heterocycles. The van der Waals surface area contributed by atoms with Crippen LogP contribution >= 0.6 is 0 Å². The van der Waals surface area contributed by atoms with E-state index in [4.69, 9.17) is 0 Å². The van der Waals surface area contributed by atoms with E-state index in [1.54, 1.807) is 0 Å². The average molecular weight is 263 g/mol. The lowest BCUT2D eigenvalue weighted by molar-refractivity contribution is 0.946. The minimum absolute atomic E-state index is 0.828. The lowest BCUT2D eigenvalue weighted by atomic mass is 10.3. The zero-order valence-electron chi connectivity index (χ0n) is 11.3. The number of imidazole rings is 2. The first-order valence-electron chi connectivity index (χ1n) is 6.46. The minimum atomic E-state index is 0.828. The van der Waals surface area contributed by atoms with Crippen molar-refractivity contribution >= 4 is 22.1 Å². The molecule has 0 aliphatic carbocycles. The Morgan fingerprint density at radius 3 is 2.75 bits per heavy atom. The van der Waals surface area contributed by atoms with Gasteiger partial charge < -0.3 is 4.57 Å². The molecule has 4 rings (SSSR count). The molecule has 0 bridgehead atoms. The van der Waals surface area contributed by atoms with Gasteiger partial charge in [0.25, 0.3) is 0 Å². The summed E-state index contributed by atoms with van der Waals surface area (Å²) in [6.45, 7) is 1.99. The van der Waals surface area contributed by atoms with Crippen molar-refractivity contribution in [2.75, 3.05) is 0 Å². The molecule has 98 valence electrons. The fourth-order valence-electron chi connectivity index (χ4n) is 2.63. The number of hydrogen-bond acceptors (Lipinski definition) is 3. The number of pyridine rings is 1. The normalized spacial score (nSPS) is 11.5. The molecule has 0 atom stereocenters. The van der Waals surface area contributed by atoms with Crippen LogP contribution in [0.3, 0.4) is 0 Å². The molecule has 0 aliphatic rings. The maximum Gasteiger partial charge on any atom is 0.166 e. The van der Waals surface area contributed by atoms with E-state index in [2.05, 4.69) is 25.6 Å². The fourth-order valence-corrected chi connectivity index (χ4v) is 2.63. The van der Waals surface area contributed by atoms with Crippen molar-refractivity contribution in [1.82, 2.24) is 24.1 Å². The maximum absolute atomic E-state index is 4.59. The van der Waals surface area contributed by atoms with Gasteiger partial charge in [0.2, 0.25) is 0 Å². The Balaban J connectivity index is 2.14. The highest BCUT2D eigenvalue weighted by atomic mass is 15.2. The van der Waals surface area contributed by atoms with Crippen LogP contribution in [-0.4, -0.2) is 24.1 Å². The molecule has 0 saturated carbocycles. The Morgan fingerprint density at radius 1 is 1.00 bits per heavy atom. The Hall–Kier alpha value is -2.69. The standard InChI is InChI=1S/C15H13N5/c1-10-18-11-5-3-4-6-12(11)20(10)15-14-13(7-8-16-15)19(2)9-17-14/h3-9H,1-2H3. The molecule has 0 unspecified atom stereocenters. The molecule has 0 radical (unpaired) electrons. The van der Waals surface area contributed by atoms with Crippen molar-refractivity contribution in [2.24, 2.45) is 7.05 Å². The molecular weight excluding hydrogens is 250 g/mol. The number of hydrogen-bond donors (Lipinski definition) is 0. The third kappa shape index (κ3) is 1.40. The summed E-state index contributed by atoms with van der Waals surface area (Å²) in [5.74, 6) is 1.74. The summed E-state index contributed by atoms with van der Waals surface area (Å²) >= 11 is 0. The lowest BCUT2D eigenvalue weighted by Gasteiger charge is -2.06. The zero-order chi connectivity index (χ0) is 13.7. The molecule has 5 heteroatoms. The Labute approximate surface area is 115 Å². The van der Waals surface area contributed by atoms with E-state index < -0.39 is 0 Å². The summed E-state index contributed by atoms with van der Waals surface area (Å²) in [5, 5.41) is 0. The van der Waals surface area contributed by atoms with Gasteiger partial charge in [-0.1, -0.05) is 12.1 Å². The van der Waals surface area contributed by atoms with Gasteiger partial charge in [-0.15, -0.1) is 0 Å². The second kappa shape index (κ2) is 3.90. The van der Waals surface area contributed by atoms with Crippen LogP contribution in [-0.2, 0) is 7.05 Å². The summed E-state index contributed by atoms with van der Waals surface area (Å²) in [4.78, 5) is 13.6. The predicted molar refractivity (Wildman–Crippen MR) is 77.9 cm³/mol. The summed E-state index contributed by atoms with van der Waals surface area (Å²) in [6.07, 6.45) is 3.62. The van der Waals surface area contributed by atoms with E-state index in [9.17, 15) is 0 Å². The maximum atomic E-state index is 4.59. The van der Waals surface area contributed by atoms with Crippen molar-refractivity contribution in [3.63, 3.8) is 0 Å². The molecule has 0 N–H and O–H groups in total. The van der Waals surface area contributed by atoms with E-state index >= 15 is 0 Å². The van der Waals surface area contributed by atoms with Gasteiger partial charge in [0.1, 0.15) is 11.3 Å². The predicted octanol–water partition coefficient (Wildman–Crippen LogP) is 2.62. The first-order valence-corrected chi connectivity index (χ1v) is 6.46. The monoisotopic (exact) mass is 263 g/mol. The second-order valence-corrected chi connectivity index (χ2v) is 4.84. The molecule has 3 aromatic heterocycles. The highest BCUT2D eigenvalue weighted by Gasteiger charge is 2.14. The van der Waals surface area contributed by atoms with Crippen LogP contribution in [0.5, 0.6) is 0 Å². The first kappa shape index (κ1) is 11.2. The fraction of sp³-hybridized carbons (Fsp3) is 0.133. The highest BCUT2D eigenvalue weighted by Crippen LogP contribution is 2.24. The van der Waals surface area contributed by atoms with Gasteiger partial charge in [-0.2, -0.15) is 0 Å². The van der Waals surface area contributed by atoms with Crippen molar-refractivity contribution in [2.45, 2.75) is 6.92 Å². The third-order valence-corrected chi connectivity index (χ3v) is 3.56. The molecular formula is C15H13N5. The number of rotatable bonds is 1. The van der Waals surface area contributed by atoms with Crippen LogP contribution in [0.4, 0.5) is 0 Å². The second-order valence-electron chi connectivity index (χ2n) is 4.84. The van der Waals surface area contributed by atoms with Crippen molar-refractivity contribution in [1.29, 1.82) is 0 Å². The molecule has 0 aliphatic heterocycles. The Morgan fingerprint density at radius 2 is 1.85 bits per heavy atom. The van der Waals surface area contributed by atoms with Gasteiger partial charge in [-0.3, -0.25) is 4.57 Å². The van der Waals surface area contributed by atoms with Gasteiger partial charge in [0.05, 0.1) is 22.9 Å². The first-order chi connectivity index (χ1) is 9.75. The van der Waals surface area contributed by atoms with E-state index in [0.29, 0.717) is 0 Å². The molecule has 0 amide bonds. The van der Waals surface area contributed by atoms with Crippen LogP contribution < -0.4 is 0 Å². The van der Waals surface area contributed by atoms with E-state index in [1.807, 2.05) is 55.3 Å². The van der Waals surface area contributed by atoms with E-state index in [1.165, 1.54) is 0 Å². The molecule has 0 fully saturated rings. The van der Waals surface area contributed by atoms with Crippen LogP contribution in [0.2, 0.25) is 0 Å². The molecule has 0 spiro atoms. The van der Waals surface area contributed by atoms with Crippen molar-refractivity contribution < 1.29 is 0 Å². The third-order valence-electron chi connectivity index (χ3n) is 3.56. The van der Waals surface area contributed by atoms with Gasteiger partial charge >= 0.3 is 0 Å². The quantitative estimate of drug-likeness (QED) is 0.530. The SMILES string of the molecule is Cc1nc2ccccc2n1-c1nccc2c1ncn2C. The van der Waals surface area contributed by atoms with Crippen LogP contribution in [0, 0.1) is 6.92 Å². The summed E-state index contributed by atoms with van der Waals surface area (Å²) < 4.78 is 4.06. The Kier molecular flexibility index (Phi) is 2.18. The van der Waals surface area contributed by atoms with E-state index in [0.717, 1.165) is 33.7 Å². The van der Waals surface area contributed by atoms with Gasteiger partial charge in [0.15, 0.2) is 5.82 Å². The molecule has 3 heterocycles. The number of nitrogens with zero attached hydrogens (tertiary/aromatic N) is 5. The zero-order valence-corrected chi connectivity index (χ0v) is 11.3. The molecule has 4 aromatic rings. The average Bonchev–Trinajstić information content (AvgIpc) is 2.99. The van der Waals surface area contributed by atoms with Crippen LogP contribution in [0.1, 0.15) is 5.82 Å². The minimum Gasteiger partial charge on any atom is -0.334 e. The number of aryl methyl sites for hydroxylation is 2. The molecule has 20 heavy (non-hydrogen) atoms. The van der Waals surface area contributed by atoms with Crippen molar-refractivity contribution in [3.05, 3.63) is 48.7 Å². The van der Waals surface area contributed by atoms with Crippen LogP contribution in [0.15, 0.2) is 42.9 Å². The molecule has 5 nitrogen and oxygen atoms in total. The van der Waals surface area contributed by atoms with Crippen LogP contribution in [0.25, 0.3) is 27.9 Å². The topological polar surface area (TPSA) is 48.5 Å². The number of aromatic nitrogens is 5. The largest absolute Gasteiger partial charge is 0.334 e. The van der Waals surface area contributed by atoms with Gasteiger partial charge in [0, 0.05) is 13.2 Å². The van der Waals surface area contributed by atoms with Gasteiger partial charge in [-0.05, 0) is 25.1 Å². The van der Waals surface area contributed by atoms with Gasteiger partial charge in [-0.25, -0.2) is 15.0 Å². The number of benzene rings is 1. The molecule has 1 aromatic carbocycles. The summed E-state index contributed by atoms with van der Waals surface area (Å²) in [5.41, 5.74) is 3.98. The smallest absolute Gasteiger partial charge is 0.166 e. The summed E-state index contributed by atoms with van der Waals surface area (Å²) in [6, 6.07) is 10.0.